The van der Waals surface area contributed by atoms with Gasteiger partial charge in [-0.05, 0) is 25.1 Å². The van der Waals surface area contributed by atoms with Crippen LogP contribution < -0.4 is 24.3 Å². The molecule has 9 nitrogen and oxygen atoms in total. The van der Waals surface area contributed by atoms with Gasteiger partial charge < -0.3 is 24.3 Å². The van der Waals surface area contributed by atoms with E-state index in [0.29, 0.717) is 16.5 Å². The monoisotopic (exact) mass is 469 g/mol. The standard InChI is InChI=1S/C20H21Cl2N3O6/c1-10(26)16(24-25-17-12(22)6-7-14(28-2)19(17)31-5)20(27)23-13-8-11(21)9-15(29-3)18(13)30-4/h6-9,16H,1-5H3,(H,23,27). The average molecular weight is 470 g/mol. The van der Waals surface area contributed by atoms with E-state index in [-0.39, 0.29) is 27.9 Å². The van der Waals surface area contributed by atoms with Crippen LogP contribution in [-0.2, 0) is 9.59 Å². The number of ketones is 1. The zero-order valence-corrected chi connectivity index (χ0v) is 19.0. The Kier molecular flexibility index (Phi) is 8.47. The Hall–Kier alpha value is -3.04. The van der Waals surface area contributed by atoms with Crippen molar-refractivity contribution >= 4 is 46.3 Å². The van der Waals surface area contributed by atoms with Crippen molar-refractivity contribution in [3.05, 3.63) is 34.3 Å². The number of carbonyl (C=O) groups is 2. The Bertz CT molecular complexity index is 1010. The Labute approximate surface area is 189 Å². The summed E-state index contributed by atoms with van der Waals surface area (Å²) in [5.41, 5.74) is 0.319. The van der Waals surface area contributed by atoms with Crippen LogP contribution in [0.4, 0.5) is 11.4 Å². The molecule has 31 heavy (non-hydrogen) atoms. The number of hydrogen-bond acceptors (Lipinski definition) is 8. The molecule has 0 radical (unpaired) electrons. The molecule has 11 heteroatoms. The molecule has 0 spiro atoms. The minimum Gasteiger partial charge on any atom is -0.493 e. The molecule has 0 aliphatic carbocycles. The van der Waals surface area contributed by atoms with Gasteiger partial charge in [0.25, 0.3) is 5.91 Å². The van der Waals surface area contributed by atoms with E-state index in [1.165, 1.54) is 53.6 Å². The van der Waals surface area contributed by atoms with Crippen molar-refractivity contribution in [2.75, 3.05) is 33.8 Å². The lowest BCUT2D eigenvalue weighted by Crippen LogP contribution is -2.32. The number of halogens is 2. The molecule has 0 saturated heterocycles. The van der Waals surface area contributed by atoms with Crippen molar-refractivity contribution in [1.29, 1.82) is 0 Å². The molecule has 2 aromatic rings. The number of ether oxygens (including phenoxy) is 4. The van der Waals surface area contributed by atoms with E-state index in [1.807, 2.05) is 0 Å². The van der Waals surface area contributed by atoms with Crippen molar-refractivity contribution in [2.45, 2.75) is 13.0 Å². The maximum Gasteiger partial charge on any atom is 0.258 e. The van der Waals surface area contributed by atoms with E-state index >= 15 is 0 Å². The van der Waals surface area contributed by atoms with Crippen molar-refractivity contribution in [3.63, 3.8) is 0 Å². The molecule has 0 aliphatic heterocycles. The zero-order valence-electron chi connectivity index (χ0n) is 17.5. The summed E-state index contributed by atoms with van der Waals surface area (Å²) >= 11 is 12.2. The minimum atomic E-state index is -1.47. The Morgan fingerprint density at radius 2 is 1.58 bits per heavy atom. The first-order valence-electron chi connectivity index (χ1n) is 8.81. The van der Waals surface area contributed by atoms with Gasteiger partial charge in [0.15, 0.2) is 28.8 Å². The van der Waals surface area contributed by atoms with Gasteiger partial charge in [0.05, 0.1) is 39.1 Å². The first-order valence-corrected chi connectivity index (χ1v) is 9.57. The van der Waals surface area contributed by atoms with Crippen molar-refractivity contribution in [3.8, 4) is 23.0 Å². The van der Waals surface area contributed by atoms with Crippen LogP contribution >= 0.6 is 23.2 Å². The van der Waals surface area contributed by atoms with Crippen LogP contribution in [0.15, 0.2) is 34.5 Å². The molecule has 1 unspecified atom stereocenters. The number of carbonyl (C=O) groups excluding carboxylic acids is 2. The summed E-state index contributed by atoms with van der Waals surface area (Å²) in [6, 6.07) is 4.63. The van der Waals surface area contributed by atoms with Crippen molar-refractivity contribution < 1.29 is 28.5 Å². The third kappa shape index (κ3) is 5.56. The van der Waals surface area contributed by atoms with Crippen molar-refractivity contribution in [1.82, 2.24) is 0 Å². The molecule has 1 N–H and O–H groups in total. The largest absolute Gasteiger partial charge is 0.493 e. The summed E-state index contributed by atoms with van der Waals surface area (Å²) in [6.07, 6.45) is 0. The zero-order chi connectivity index (χ0) is 23.1. The second-order valence-electron chi connectivity index (χ2n) is 6.04. The second-order valence-corrected chi connectivity index (χ2v) is 6.88. The fourth-order valence-electron chi connectivity index (χ4n) is 2.64. The van der Waals surface area contributed by atoms with Crippen LogP contribution in [-0.4, -0.2) is 46.2 Å². The number of methoxy groups -OCH3 is 4. The van der Waals surface area contributed by atoms with Gasteiger partial charge in [0, 0.05) is 11.1 Å². The molecule has 0 saturated carbocycles. The van der Waals surface area contributed by atoms with Crippen LogP contribution in [0.1, 0.15) is 6.92 Å². The Balaban J connectivity index is 2.40. The van der Waals surface area contributed by atoms with E-state index in [4.69, 9.17) is 42.1 Å². The molecule has 0 heterocycles. The third-order valence-electron chi connectivity index (χ3n) is 4.08. The maximum absolute atomic E-state index is 12.8. The van der Waals surface area contributed by atoms with Gasteiger partial charge >= 0.3 is 0 Å². The lowest BCUT2D eigenvalue weighted by molar-refractivity contribution is -0.126. The summed E-state index contributed by atoms with van der Waals surface area (Å²) in [6.45, 7) is 1.21. The quantitative estimate of drug-likeness (QED) is 0.420. The highest BCUT2D eigenvalue weighted by atomic mass is 35.5. The SMILES string of the molecule is COc1cc(Cl)cc(NC(=O)C(N=Nc2c(Cl)ccc(OC)c2OC)C(C)=O)c1OC. The van der Waals surface area contributed by atoms with E-state index < -0.39 is 17.7 Å². The highest BCUT2D eigenvalue weighted by Gasteiger charge is 2.26. The highest BCUT2D eigenvalue weighted by molar-refractivity contribution is 6.33. The van der Waals surface area contributed by atoms with Crippen LogP contribution in [0.2, 0.25) is 10.0 Å². The van der Waals surface area contributed by atoms with Crippen LogP contribution in [0.25, 0.3) is 0 Å². The molecule has 2 rings (SSSR count). The van der Waals surface area contributed by atoms with Gasteiger partial charge in [-0.15, -0.1) is 5.11 Å². The van der Waals surface area contributed by atoms with Crippen LogP contribution in [0.5, 0.6) is 23.0 Å². The Morgan fingerprint density at radius 1 is 0.935 bits per heavy atom. The number of hydrogen-bond donors (Lipinski definition) is 1. The molecule has 166 valence electrons. The van der Waals surface area contributed by atoms with Gasteiger partial charge in [0.1, 0.15) is 5.69 Å². The van der Waals surface area contributed by atoms with Gasteiger partial charge in [-0.2, -0.15) is 5.11 Å². The molecule has 1 atom stereocenters. The summed E-state index contributed by atoms with van der Waals surface area (Å²) in [5, 5.41) is 10.9. The molecular weight excluding hydrogens is 449 g/mol. The number of nitrogens with zero attached hydrogens (tertiary/aromatic N) is 2. The molecule has 2 aromatic carbocycles. The van der Waals surface area contributed by atoms with E-state index in [2.05, 4.69) is 15.5 Å². The normalized spacial score (nSPS) is 11.7. The summed E-state index contributed by atoms with van der Waals surface area (Å²) < 4.78 is 21.0. The van der Waals surface area contributed by atoms with Gasteiger partial charge in [-0.1, -0.05) is 23.2 Å². The summed E-state index contributed by atoms with van der Waals surface area (Å²) in [7, 11) is 5.69. The Morgan fingerprint density at radius 3 is 2.13 bits per heavy atom. The lowest BCUT2D eigenvalue weighted by Gasteiger charge is -2.16. The summed E-state index contributed by atoms with van der Waals surface area (Å²) in [4.78, 5) is 24.9. The molecule has 0 bridgehead atoms. The number of anilines is 1. The van der Waals surface area contributed by atoms with E-state index in [9.17, 15) is 9.59 Å². The number of amides is 1. The lowest BCUT2D eigenvalue weighted by atomic mass is 10.2. The number of benzene rings is 2. The van der Waals surface area contributed by atoms with Gasteiger partial charge in [-0.25, -0.2) is 0 Å². The fraction of sp³-hybridized carbons (Fsp3) is 0.300. The molecule has 0 fully saturated rings. The fourth-order valence-corrected chi connectivity index (χ4v) is 3.03. The van der Waals surface area contributed by atoms with Gasteiger partial charge in [0.2, 0.25) is 6.04 Å². The van der Waals surface area contributed by atoms with E-state index in [1.54, 1.807) is 6.07 Å². The number of Topliss-reactive ketones (excluding diaryl/α,β-unsaturated/α-hetero) is 1. The molecular formula is C20H21Cl2N3O6. The van der Waals surface area contributed by atoms with Crippen LogP contribution in [0, 0.1) is 0 Å². The van der Waals surface area contributed by atoms with Crippen molar-refractivity contribution in [2.24, 2.45) is 10.2 Å². The molecule has 0 aromatic heterocycles. The van der Waals surface area contributed by atoms with E-state index in [0.717, 1.165) is 0 Å². The second kappa shape index (κ2) is 10.8. The number of rotatable bonds is 9. The molecule has 1 amide bonds. The summed E-state index contributed by atoms with van der Waals surface area (Å²) in [5.74, 6) is -0.191. The smallest absolute Gasteiger partial charge is 0.258 e. The van der Waals surface area contributed by atoms with Gasteiger partial charge in [-0.3, -0.25) is 9.59 Å². The first kappa shape index (κ1) is 24.2. The molecule has 0 aliphatic rings. The number of azo groups is 1. The third-order valence-corrected chi connectivity index (χ3v) is 4.60. The predicted molar refractivity (Wildman–Crippen MR) is 117 cm³/mol. The minimum absolute atomic E-state index is 0.115. The average Bonchev–Trinajstić information content (AvgIpc) is 2.73. The topological polar surface area (TPSA) is 108 Å². The maximum atomic E-state index is 12.8. The number of nitrogens with one attached hydrogen (secondary N) is 1. The highest BCUT2D eigenvalue weighted by Crippen LogP contribution is 2.43. The first-order chi connectivity index (χ1) is 14.8. The van der Waals surface area contributed by atoms with Crippen LogP contribution in [0.3, 0.4) is 0 Å². The predicted octanol–water partition coefficient (Wildman–Crippen LogP) is 4.71.